The summed E-state index contributed by atoms with van der Waals surface area (Å²) in [7, 11) is 1.24. The normalized spacial score (nSPS) is 17.1. The van der Waals surface area contributed by atoms with Crippen LogP contribution in [0.2, 0.25) is 0 Å². The molecule has 2 heterocycles. The Morgan fingerprint density at radius 1 is 0.978 bits per heavy atom. The highest BCUT2D eigenvalue weighted by Gasteiger charge is 2.38. The monoisotopic (exact) mass is 657 g/mol. The van der Waals surface area contributed by atoms with Crippen molar-refractivity contribution >= 4 is 11.9 Å². The molecule has 248 valence electrons. The minimum absolute atomic E-state index is 0.00635. The molecule has 2 aromatic carbocycles. The quantitative estimate of drug-likeness (QED) is 0.368. The topological polar surface area (TPSA) is 108 Å². The summed E-state index contributed by atoms with van der Waals surface area (Å²) < 4.78 is 95.3. The maximum absolute atomic E-state index is 14.0. The molecule has 1 saturated heterocycles. The van der Waals surface area contributed by atoms with Crippen molar-refractivity contribution in [3.8, 4) is 0 Å². The molecule has 1 fully saturated rings. The molecule has 4 rings (SSSR count). The van der Waals surface area contributed by atoms with E-state index >= 15 is 0 Å². The van der Waals surface area contributed by atoms with Gasteiger partial charge in [0, 0.05) is 37.9 Å². The van der Waals surface area contributed by atoms with Crippen LogP contribution in [0.5, 0.6) is 0 Å². The number of aromatic amines is 1. The minimum Gasteiger partial charge on any atom is -0.352 e. The van der Waals surface area contributed by atoms with Crippen LogP contribution in [0, 0.1) is 19.7 Å². The number of carbonyl (C=O) groups is 2. The molecule has 1 aliphatic rings. The summed E-state index contributed by atoms with van der Waals surface area (Å²) in [4.78, 5) is 54.7. The Kier molecular flexibility index (Phi) is 9.68. The lowest BCUT2D eigenvalue weighted by molar-refractivity contribution is -0.143. The predicted molar refractivity (Wildman–Crippen MR) is 151 cm³/mol. The number of nitrogens with zero attached hydrogens (tertiary/aromatic N) is 3. The molecule has 3 amide bonds. The van der Waals surface area contributed by atoms with E-state index in [1.165, 1.54) is 43.3 Å². The summed E-state index contributed by atoms with van der Waals surface area (Å²) in [5.41, 5.74) is -3.56. The second-order valence-electron chi connectivity index (χ2n) is 11.3. The van der Waals surface area contributed by atoms with E-state index in [0.717, 1.165) is 9.47 Å². The fourth-order valence-electron chi connectivity index (χ4n) is 5.47. The molecule has 2 atom stereocenters. The lowest BCUT2D eigenvalue weighted by atomic mass is 9.89. The number of hydrogen-bond donors (Lipinski definition) is 2. The molecule has 0 spiro atoms. The van der Waals surface area contributed by atoms with Gasteiger partial charge in [0.05, 0.1) is 17.2 Å². The van der Waals surface area contributed by atoms with Crippen LogP contribution in [0.25, 0.3) is 0 Å². The number of amides is 3. The van der Waals surface area contributed by atoms with E-state index in [1.54, 1.807) is 6.92 Å². The van der Waals surface area contributed by atoms with Gasteiger partial charge in [0.1, 0.15) is 12.4 Å². The van der Waals surface area contributed by atoms with E-state index in [1.807, 2.05) is 0 Å². The maximum atomic E-state index is 14.0. The summed E-state index contributed by atoms with van der Waals surface area (Å²) in [6.45, 7) is 2.11. The van der Waals surface area contributed by atoms with Crippen molar-refractivity contribution in [3.05, 3.63) is 103 Å². The van der Waals surface area contributed by atoms with Gasteiger partial charge in [-0.25, -0.2) is 14.0 Å². The molecule has 0 bridgehead atoms. The molecule has 2 N–H and O–H groups in total. The van der Waals surface area contributed by atoms with Crippen molar-refractivity contribution in [2.24, 2.45) is 0 Å². The Morgan fingerprint density at radius 3 is 2.20 bits per heavy atom. The molecular formula is C30H30F7N5O4. The third kappa shape index (κ3) is 7.95. The summed E-state index contributed by atoms with van der Waals surface area (Å²) >= 11 is 0. The molecule has 16 heteroatoms. The molecule has 3 aromatic rings. The number of aromatic nitrogens is 2. The summed E-state index contributed by atoms with van der Waals surface area (Å²) in [6, 6.07) is 3.00. The molecule has 9 nitrogen and oxygen atoms in total. The number of alkyl halides is 6. The van der Waals surface area contributed by atoms with Gasteiger partial charge >= 0.3 is 24.1 Å². The molecular weight excluding hydrogens is 627 g/mol. The minimum atomic E-state index is -5.06. The fraction of sp³-hybridized carbons (Fsp3) is 0.400. The smallest absolute Gasteiger partial charge is 0.352 e. The van der Waals surface area contributed by atoms with Crippen LogP contribution in [-0.2, 0) is 30.2 Å². The Labute approximate surface area is 257 Å². The van der Waals surface area contributed by atoms with E-state index in [4.69, 9.17) is 0 Å². The molecule has 0 radical (unpaired) electrons. The number of rotatable bonds is 6. The SMILES string of the molecule is Cc1cc(F)ccc1[C@H]1C[C@@H](NC(=O)Cn2cc(C)c(=O)[nH]c2=O)CCN1C(=O)N(C)Cc1cc(C(F)(F)F)cc(C(F)(F)F)c1. The molecule has 0 saturated carbocycles. The largest absolute Gasteiger partial charge is 0.416 e. The fourth-order valence-corrected chi connectivity index (χ4v) is 5.47. The van der Waals surface area contributed by atoms with Gasteiger partial charge in [0.2, 0.25) is 5.91 Å². The van der Waals surface area contributed by atoms with Crippen molar-refractivity contribution in [2.75, 3.05) is 13.6 Å². The van der Waals surface area contributed by atoms with E-state index in [2.05, 4.69) is 10.3 Å². The van der Waals surface area contributed by atoms with Crippen molar-refractivity contribution in [2.45, 2.75) is 64.2 Å². The first-order chi connectivity index (χ1) is 21.3. The van der Waals surface area contributed by atoms with E-state index in [9.17, 15) is 49.9 Å². The van der Waals surface area contributed by atoms with E-state index in [-0.39, 0.29) is 36.6 Å². The zero-order valence-corrected chi connectivity index (χ0v) is 24.9. The number of halogens is 7. The predicted octanol–water partition coefficient (Wildman–Crippen LogP) is 4.90. The van der Waals surface area contributed by atoms with Crippen molar-refractivity contribution in [1.29, 1.82) is 0 Å². The van der Waals surface area contributed by atoms with Crippen LogP contribution in [0.1, 0.15) is 52.3 Å². The highest BCUT2D eigenvalue weighted by Crippen LogP contribution is 2.37. The second kappa shape index (κ2) is 13.0. The van der Waals surface area contributed by atoms with Crippen LogP contribution in [0.3, 0.4) is 0 Å². The van der Waals surface area contributed by atoms with Crippen molar-refractivity contribution in [1.82, 2.24) is 24.7 Å². The first-order valence-electron chi connectivity index (χ1n) is 14.0. The van der Waals surface area contributed by atoms with Crippen LogP contribution in [0.4, 0.5) is 35.5 Å². The standard InChI is InChI=1S/C30H30F7N5O4/c1-16-8-21(31)4-5-23(16)24-12-22(38-25(43)15-41-13-17(2)26(44)39-27(41)45)6-7-42(24)28(46)40(3)14-18-9-19(29(32,33)34)11-20(10-18)30(35,36)37/h4-5,8-11,13,22,24H,6-7,12,14-15H2,1-3H3,(H,38,43)(H,39,44,45)/t22-,24+/m0/s1. The average molecular weight is 658 g/mol. The van der Waals surface area contributed by atoms with Gasteiger partial charge in [0.15, 0.2) is 0 Å². The number of aryl methyl sites for hydroxylation is 2. The zero-order valence-electron chi connectivity index (χ0n) is 24.9. The van der Waals surface area contributed by atoms with Crippen molar-refractivity contribution < 1.29 is 40.3 Å². The number of likely N-dealkylation sites (tertiary alicyclic amines) is 1. The number of piperidine rings is 1. The maximum Gasteiger partial charge on any atom is 0.416 e. The molecule has 0 aliphatic carbocycles. The second-order valence-corrected chi connectivity index (χ2v) is 11.3. The van der Waals surface area contributed by atoms with Gasteiger partial charge in [0.25, 0.3) is 5.56 Å². The third-order valence-electron chi connectivity index (χ3n) is 7.70. The van der Waals surface area contributed by atoms with Crippen LogP contribution < -0.4 is 16.6 Å². The van der Waals surface area contributed by atoms with Gasteiger partial charge in [-0.15, -0.1) is 0 Å². The van der Waals surface area contributed by atoms with Gasteiger partial charge in [-0.2, -0.15) is 26.3 Å². The van der Waals surface area contributed by atoms with Crippen LogP contribution >= 0.6 is 0 Å². The number of H-pyrrole nitrogens is 1. The van der Waals surface area contributed by atoms with E-state index < -0.39 is 77.7 Å². The van der Waals surface area contributed by atoms with Crippen LogP contribution in [0.15, 0.2) is 52.2 Å². The number of benzene rings is 2. The Bertz CT molecular complexity index is 1720. The molecule has 1 aromatic heterocycles. The average Bonchev–Trinajstić information content (AvgIpc) is 2.94. The molecule has 0 unspecified atom stereocenters. The Balaban J connectivity index is 1.57. The van der Waals surface area contributed by atoms with Crippen LogP contribution in [-0.4, -0.2) is 50.9 Å². The van der Waals surface area contributed by atoms with Crippen molar-refractivity contribution in [3.63, 3.8) is 0 Å². The van der Waals surface area contributed by atoms with E-state index in [0.29, 0.717) is 23.3 Å². The third-order valence-corrected chi connectivity index (χ3v) is 7.70. The summed E-state index contributed by atoms with van der Waals surface area (Å²) in [5.74, 6) is -1.10. The lowest BCUT2D eigenvalue weighted by Crippen LogP contribution is -2.51. The Morgan fingerprint density at radius 2 is 1.61 bits per heavy atom. The van der Waals surface area contributed by atoms with Gasteiger partial charge < -0.3 is 15.1 Å². The highest BCUT2D eigenvalue weighted by atomic mass is 19.4. The first-order valence-corrected chi connectivity index (χ1v) is 14.0. The number of urea groups is 1. The Hall–Kier alpha value is -4.63. The number of carbonyl (C=O) groups excluding carboxylic acids is 2. The lowest BCUT2D eigenvalue weighted by Gasteiger charge is -2.42. The number of nitrogens with one attached hydrogen (secondary N) is 2. The highest BCUT2D eigenvalue weighted by molar-refractivity contribution is 5.77. The first kappa shape index (κ1) is 34.2. The van der Waals surface area contributed by atoms with Gasteiger partial charge in [-0.1, -0.05) is 6.07 Å². The number of hydrogen-bond acceptors (Lipinski definition) is 4. The summed E-state index contributed by atoms with van der Waals surface area (Å²) in [5, 5.41) is 2.80. The molecule has 46 heavy (non-hydrogen) atoms. The van der Waals surface area contributed by atoms with Gasteiger partial charge in [-0.3, -0.25) is 19.1 Å². The summed E-state index contributed by atoms with van der Waals surface area (Å²) in [6.07, 6.45) is -8.53. The zero-order chi connectivity index (χ0) is 34.1. The molecule has 1 aliphatic heterocycles. The van der Waals surface area contributed by atoms with Gasteiger partial charge in [-0.05, 0) is 73.7 Å².